The molecule has 0 heterocycles. The first kappa shape index (κ1) is 47.2. The van der Waals surface area contributed by atoms with Crippen molar-refractivity contribution in [1.82, 2.24) is 5.32 Å². The Hall–Kier alpha value is -2.76. The summed E-state index contributed by atoms with van der Waals surface area (Å²) in [6.07, 6.45) is 1.28. The quantitative estimate of drug-likeness (QED) is 0.133. The molecule has 0 radical (unpaired) electrons. The van der Waals surface area contributed by atoms with Gasteiger partial charge >= 0.3 is 6.09 Å². The second-order valence-corrected chi connectivity index (χ2v) is 14.3. The van der Waals surface area contributed by atoms with Crippen LogP contribution < -0.4 is 10.6 Å². The average molecular weight is 719 g/mol. The molecule has 2 aromatic rings. The molecule has 0 fully saturated rings. The third kappa shape index (κ3) is 19.6. The minimum Gasteiger partial charge on any atom is -0.448 e. The molecule has 9 nitrogen and oxygen atoms in total. The Morgan fingerprint density at radius 3 is 1.76 bits per heavy atom. The summed E-state index contributed by atoms with van der Waals surface area (Å²) in [6, 6.07) is 10.4. The number of Topliss-reactive ketones (excluding diaryl/α,β-unsaturated/α-hetero) is 2. The summed E-state index contributed by atoms with van der Waals surface area (Å²) in [4.78, 5) is 36.3. The molecule has 0 bridgehead atoms. The Labute approximate surface area is 307 Å². The van der Waals surface area contributed by atoms with Crippen molar-refractivity contribution in [2.45, 2.75) is 87.0 Å². The van der Waals surface area contributed by atoms with Gasteiger partial charge in [-0.05, 0) is 92.9 Å². The Bertz CT molecular complexity index is 1220. The van der Waals surface area contributed by atoms with Crippen LogP contribution in [0.3, 0.4) is 0 Å². The van der Waals surface area contributed by atoms with Crippen molar-refractivity contribution in [2.75, 3.05) is 77.7 Å². The maximum absolute atomic E-state index is 12.6. The molecule has 0 saturated carbocycles. The molecule has 2 rings (SSSR count). The number of carbonyl (C=O) groups is 3. The molecule has 0 aliphatic carbocycles. The van der Waals surface area contributed by atoms with E-state index in [0.717, 1.165) is 46.0 Å². The van der Waals surface area contributed by atoms with Crippen LogP contribution in [0.1, 0.15) is 81.3 Å². The SMILES string of the molecule is CC(=O)Cc1c(C)c(CC(C)=O)c(C)c(NC(=O)OCCSCC(C)(C)c2ccccc2)c1C.CCC(C)CNC.COCCOCCOC. The molecular weight excluding hydrogens is 653 g/mol. The number of ketones is 2. The van der Waals surface area contributed by atoms with Gasteiger partial charge in [0, 0.05) is 38.6 Å². The van der Waals surface area contributed by atoms with Crippen LogP contribution in [-0.4, -0.2) is 90.0 Å². The summed E-state index contributed by atoms with van der Waals surface area (Å²) < 4.78 is 20.0. The van der Waals surface area contributed by atoms with E-state index < -0.39 is 6.09 Å². The zero-order valence-corrected chi connectivity index (χ0v) is 33.8. The second kappa shape index (κ2) is 27.0. The maximum atomic E-state index is 12.6. The molecule has 0 aliphatic rings. The van der Waals surface area contributed by atoms with Crippen LogP contribution in [0.2, 0.25) is 0 Å². The van der Waals surface area contributed by atoms with E-state index in [2.05, 4.69) is 50.5 Å². The van der Waals surface area contributed by atoms with Crippen LogP contribution in [0, 0.1) is 26.7 Å². The lowest BCUT2D eigenvalue weighted by molar-refractivity contribution is -0.117. The predicted molar refractivity (Wildman–Crippen MR) is 209 cm³/mol. The van der Waals surface area contributed by atoms with Gasteiger partial charge in [-0.3, -0.25) is 14.9 Å². The third-order valence-corrected chi connectivity index (χ3v) is 9.61. The van der Waals surface area contributed by atoms with Gasteiger partial charge in [-0.25, -0.2) is 4.79 Å². The number of rotatable bonds is 20. The van der Waals surface area contributed by atoms with Crippen LogP contribution >= 0.6 is 11.8 Å². The van der Waals surface area contributed by atoms with Gasteiger partial charge in [0.25, 0.3) is 0 Å². The van der Waals surface area contributed by atoms with E-state index in [1.165, 1.54) is 12.0 Å². The molecule has 1 unspecified atom stereocenters. The molecule has 284 valence electrons. The molecule has 0 spiro atoms. The zero-order chi connectivity index (χ0) is 38.1. The monoisotopic (exact) mass is 718 g/mol. The van der Waals surface area contributed by atoms with Crippen LogP contribution in [0.15, 0.2) is 30.3 Å². The lowest BCUT2D eigenvalue weighted by atomic mass is 9.87. The smallest absolute Gasteiger partial charge is 0.411 e. The van der Waals surface area contributed by atoms with Crippen molar-refractivity contribution in [3.8, 4) is 0 Å². The summed E-state index contributed by atoms with van der Waals surface area (Å²) in [5, 5.41) is 5.99. The molecule has 0 saturated heterocycles. The first-order valence-electron chi connectivity index (χ1n) is 17.5. The minimum absolute atomic E-state index is 0.0323. The standard InChI is InChI=1S/C28H37NO4S.C6H15N.C6H14O3/c1-18(30)15-24-20(3)25(16-19(2)31)22(5)26(21(24)4)29-27(32)33-13-14-34-17-28(6,7)23-11-9-8-10-12-23;1-4-6(2)5-7-3;1-7-3-5-9-6-4-8-2/h8-12H,13-17H2,1-7H3,(H,29,32);6-7H,4-5H2,1-3H3;3-6H2,1-2H3. The molecule has 1 atom stereocenters. The van der Waals surface area contributed by atoms with Crippen molar-refractivity contribution in [2.24, 2.45) is 5.92 Å². The van der Waals surface area contributed by atoms with Crippen LogP contribution in [-0.2, 0) is 46.8 Å². The summed E-state index contributed by atoms with van der Waals surface area (Å²) in [7, 11) is 5.30. The number of thioether (sulfide) groups is 1. The minimum atomic E-state index is -0.527. The molecular formula is C40H66N2O7S. The Morgan fingerprint density at radius 1 is 0.820 bits per heavy atom. The Balaban J connectivity index is 0.00000124. The van der Waals surface area contributed by atoms with Gasteiger partial charge in [-0.2, -0.15) is 11.8 Å². The number of hydrogen-bond acceptors (Lipinski definition) is 9. The van der Waals surface area contributed by atoms with Gasteiger partial charge < -0.3 is 24.3 Å². The topological polar surface area (TPSA) is 112 Å². The fraction of sp³-hybridized carbons (Fsp3) is 0.625. The van der Waals surface area contributed by atoms with Crippen molar-refractivity contribution >= 4 is 35.1 Å². The first-order valence-corrected chi connectivity index (χ1v) is 18.7. The van der Waals surface area contributed by atoms with Gasteiger partial charge in [0.1, 0.15) is 18.2 Å². The number of ether oxygens (including phenoxy) is 4. The summed E-state index contributed by atoms with van der Waals surface area (Å²) in [5.41, 5.74) is 6.30. The summed E-state index contributed by atoms with van der Waals surface area (Å²) >= 11 is 1.75. The fourth-order valence-electron chi connectivity index (χ4n) is 5.05. The van der Waals surface area contributed by atoms with Crippen molar-refractivity contribution in [3.05, 3.63) is 63.7 Å². The van der Waals surface area contributed by atoms with Crippen LogP contribution in [0.25, 0.3) is 0 Å². The van der Waals surface area contributed by atoms with E-state index in [0.29, 0.717) is 44.5 Å². The van der Waals surface area contributed by atoms with E-state index in [1.807, 2.05) is 46.0 Å². The number of nitrogens with one attached hydrogen (secondary N) is 2. The van der Waals surface area contributed by atoms with Crippen LogP contribution in [0.5, 0.6) is 0 Å². The first-order chi connectivity index (χ1) is 23.7. The number of carbonyl (C=O) groups excluding carboxylic acids is 3. The third-order valence-electron chi connectivity index (χ3n) is 8.23. The highest BCUT2D eigenvalue weighted by Gasteiger charge is 2.22. The lowest BCUT2D eigenvalue weighted by Gasteiger charge is -2.25. The van der Waals surface area contributed by atoms with Gasteiger partial charge in [-0.1, -0.05) is 64.4 Å². The molecule has 0 aromatic heterocycles. The highest BCUT2D eigenvalue weighted by molar-refractivity contribution is 7.99. The maximum Gasteiger partial charge on any atom is 0.411 e. The molecule has 0 aliphatic heterocycles. The molecule has 2 aromatic carbocycles. The predicted octanol–water partition coefficient (Wildman–Crippen LogP) is 7.68. The molecule has 50 heavy (non-hydrogen) atoms. The van der Waals surface area contributed by atoms with Gasteiger partial charge in [0.2, 0.25) is 0 Å². The molecule has 10 heteroatoms. The van der Waals surface area contributed by atoms with Crippen molar-refractivity contribution in [1.29, 1.82) is 0 Å². The highest BCUT2D eigenvalue weighted by Crippen LogP contribution is 2.33. The fourth-order valence-corrected chi connectivity index (χ4v) is 6.08. The van der Waals surface area contributed by atoms with E-state index in [1.54, 1.807) is 39.8 Å². The van der Waals surface area contributed by atoms with Crippen molar-refractivity contribution < 1.29 is 33.3 Å². The number of hydrogen-bond donors (Lipinski definition) is 2. The largest absolute Gasteiger partial charge is 0.448 e. The lowest BCUT2D eigenvalue weighted by Crippen LogP contribution is -2.22. The summed E-state index contributed by atoms with van der Waals surface area (Å²) in [5.74, 6) is 2.52. The zero-order valence-electron chi connectivity index (χ0n) is 33.0. The Morgan fingerprint density at radius 2 is 1.34 bits per heavy atom. The number of benzene rings is 2. The second-order valence-electron chi connectivity index (χ2n) is 13.2. The number of anilines is 1. The number of methoxy groups -OCH3 is 2. The van der Waals surface area contributed by atoms with Crippen molar-refractivity contribution in [3.63, 3.8) is 0 Å². The van der Waals surface area contributed by atoms with E-state index in [4.69, 9.17) is 18.9 Å². The number of amides is 1. The normalized spacial score (nSPS) is 11.4. The summed E-state index contributed by atoms with van der Waals surface area (Å²) in [6.45, 7) is 21.8. The average Bonchev–Trinajstić information content (AvgIpc) is 3.07. The van der Waals surface area contributed by atoms with E-state index >= 15 is 0 Å². The van der Waals surface area contributed by atoms with E-state index in [-0.39, 0.29) is 29.8 Å². The molecule has 2 N–H and O–H groups in total. The van der Waals surface area contributed by atoms with Crippen LogP contribution in [0.4, 0.5) is 10.5 Å². The Kier molecular flexibility index (Phi) is 25.5. The van der Waals surface area contributed by atoms with Gasteiger partial charge in [0.15, 0.2) is 0 Å². The molecule has 1 amide bonds. The van der Waals surface area contributed by atoms with Gasteiger partial charge in [0.05, 0.1) is 32.1 Å². The highest BCUT2D eigenvalue weighted by atomic mass is 32.2. The van der Waals surface area contributed by atoms with Gasteiger partial charge in [-0.15, -0.1) is 0 Å². The van der Waals surface area contributed by atoms with E-state index in [9.17, 15) is 14.4 Å².